The van der Waals surface area contributed by atoms with Gasteiger partial charge in [-0.25, -0.2) is 14.3 Å². The van der Waals surface area contributed by atoms with Gasteiger partial charge in [0.1, 0.15) is 17.9 Å². The number of fused-ring (bicyclic) bond motifs is 1. The van der Waals surface area contributed by atoms with Gasteiger partial charge in [0.25, 0.3) is 5.56 Å². The van der Waals surface area contributed by atoms with Crippen LogP contribution in [0.3, 0.4) is 0 Å². The third-order valence-corrected chi connectivity index (χ3v) is 4.96. The molecule has 0 fully saturated rings. The Kier molecular flexibility index (Phi) is 5.66. The first-order chi connectivity index (χ1) is 15.1. The van der Waals surface area contributed by atoms with Crippen LogP contribution >= 0.6 is 0 Å². The highest BCUT2D eigenvalue weighted by Gasteiger charge is 2.19. The zero-order chi connectivity index (χ0) is 21.8. The number of carbonyl (C=O) groups is 1. The summed E-state index contributed by atoms with van der Waals surface area (Å²) in [6.07, 6.45) is 4.05. The largest absolute Gasteiger partial charge is 0.489 e. The first-order valence-electron chi connectivity index (χ1n) is 9.83. The van der Waals surface area contributed by atoms with Crippen LogP contribution in [0.1, 0.15) is 27.9 Å². The van der Waals surface area contributed by atoms with Gasteiger partial charge in [0.2, 0.25) is 0 Å². The van der Waals surface area contributed by atoms with Gasteiger partial charge in [-0.1, -0.05) is 36.4 Å². The Morgan fingerprint density at radius 3 is 2.58 bits per heavy atom. The molecule has 0 unspecified atom stereocenters. The standard InChI is InChI=1S/C24H21N3O4/c1-2-3-9-19-21(26-22-20(24(29)30)14-25-27(22)23(19)28)17-10-12-18(13-11-17)31-15-16-7-5-4-6-8-16/h2,4-8,10-14,25H,1,3,9,15H2,(H,29,30). The summed E-state index contributed by atoms with van der Waals surface area (Å²) in [5, 5.41) is 12.1. The third-order valence-electron chi connectivity index (χ3n) is 4.96. The number of nitrogens with one attached hydrogen (secondary N) is 1. The van der Waals surface area contributed by atoms with Crippen molar-refractivity contribution in [1.82, 2.24) is 14.6 Å². The molecule has 7 heteroatoms. The van der Waals surface area contributed by atoms with Crippen LogP contribution in [-0.2, 0) is 13.0 Å². The molecule has 31 heavy (non-hydrogen) atoms. The Hall–Kier alpha value is -4.13. The molecular weight excluding hydrogens is 394 g/mol. The van der Waals surface area contributed by atoms with E-state index in [0.717, 1.165) is 5.56 Å². The van der Waals surface area contributed by atoms with Crippen LogP contribution in [0.25, 0.3) is 16.9 Å². The van der Waals surface area contributed by atoms with Gasteiger partial charge in [0, 0.05) is 17.3 Å². The van der Waals surface area contributed by atoms with Gasteiger partial charge in [-0.2, -0.15) is 0 Å². The van der Waals surface area contributed by atoms with Crippen LogP contribution in [0, 0.1) is 0 Å². The molecule has 4 aromatic rings. The quantitative estimate of drug-likeness (QED) is 0.423. The van der Waals surface area contributed by atoms with Crippen molar-refractivity contribution in [2.45, 2.75) is 19.4 Å². The topological polar surface area (TPSA) is 96.7 Å². The predicted molar refractivity (Wildman–Crippen MR) is 118 cm³/mol. The number of H-pyrrole nitrogens is 1. The van der Waals surface area contributed by atoms with E-state index >= 15 is 0 Å². The van der Waals surface area contributed by atoms with E-state index in [9.17, 15) is 14.7 Å². The van der Waals surface area contributed by atoms with Gasteiger partial charge >= 0.3 is 5.97 Å². The second-order valence-electron chi connectivity index (χ2n) is 7.02. The number of aromatic nitrogens is 3. The number of aromatic carboxylic acids is 1. The fraction of sp³-hybridized carbons (Fsp3) is 0.125. The number of benzene rings is 2. The summed E-state index contributed by atoms with van der Waals surface area (Å²) in [6, 6.07) is 17.1. The third kappa shape index (κ3) is 4.11. The van der Waals surface area contributed by atoms with E-state index in [2.05, 4.69) is 16.7 Å². The van der Waals surface area contributed by atoms with Crippen LogP contribution in [0.15, 0.2) is 78.2 Å². The lowest BCUT2D eigenvalue weighted by molar-refractivity contribution is 0.0698. The van der Waals surface area contributed by atoms with Crippen LogP contribution in [-0.4, -0.2) is 25.7 Å². The maximum Gasteiger partial charge on any atom is 0.341 e. The second-order valence-corrected chi connectivity index (χ2v) is 7.02. The van der Waals surface area contributed by atoms with E-state index in [0.29, 0.717) is 42.0 Å². The van der Waals surface area contributed by atoms with Crippen molar-refractivity contribution in [1.29, 1.82) is 0 Å². The number of carboxylic acid groups (broad SMARTS) is 1. The van der Waals surface area contributed by atoms with E-state index in [1.807, 2.05) is 54.6 Å². The summed E-state index contributed by atoms with van der Waals surface area (Å²) in [5.74, 6) is -0.467. The number of aromatic amines is 1. The van der Waals surface area contributed by atoms with Gasteiger partial charge in [-0.05, 0) is 42.7 Å². The van der Waals surface area contributed by atoms with Crippen LogP contribution in [0.2, 0.25) is 0 Å². The van der Waals surface area contributed by atoms with Gasteiger partial charge in [-0.3, -0.25) is 9.89 Å². The molecule has 0 saturated heterocycles. The Morgan fingerprint density at radius 1 is 1.16 bits per heavy atom. The second kappa shape index (κ2) is 8.71. The maximum absolute atomic E-state index is 13.0. The minimum atomic E-state index is -1.15. The number of rotatable bonds is 8. The number of carboxylic acids is 1. The molecule has 0 bridgehead atoms. The fourth-order valence-corrected chi connectivity index (χ4v) is 3.37. The number of hydrogen-bond acceptors (Lipinski definition) is 4. The molecule has 0 atom stereocenters. The lowest BCUT2D eigenvalue weighted by Crippen LogP contribution is -2.22. The maximum atomic E-state index is 13.0. The van der Waals surface area contributed by atoms with Crippen molar-refractivity contribution < 1.29 is 14.6 Å². The predicted octanol–water partition coefficient (Wildman–Crippen LogP) is 4.09. The molecule has 0 radical (unpaired) electrons. The van der Waals surface area contributed by atoms with Crippen LogP contribution in [0.5, 0.6) is 5.75 Å². The van der Waals surface area contributed by atoms with Gasteiger partial charge in [-0.15, -0.1) is 6.58 Å². The Bertz CT molecular complexity index is 1290. The number of allylic oxidation sites excluding steroid dienone is 1. The summed E-state index contributed by atoms with van der Waals surface area (Å²) < 4.78 is 7.00. The Morgan fingerprint density at radius 2 is 1.90 bits per heavy atom. The van der Waals surface area contributed by atoms with Crippen molar-refractivity contribution in [3.8, 4) is 17.0 Å². The Balaban J connectivity index is 1.71. The summed E-state index contributed by atoms with van der Waals surface area (Å²) >= 11 is 0. The summed E-state index contributed by atoms with van der Waals surface area (Å²) in [7, 11) is 0. The van der Waals surface area contributed by atoms with E-state index < -0.39 is 5.97 Å². The molecule has 2 heterocycles. The molecule has 0 aliphatic rings. The van der Waals surface area contributed by atoms with Crippen LogP contribution in [0.4, 0.5) is 0 Å². The molecule has 0 amide bonds. The smallest absolute Gasteiger partial charge is 0.341 e. The molecule has 156 valence electrons. The van der Waals surface area contributed by atoms with Crippen molar-refractivity contribution >= 4 is 11.6 Å². The average Bonchev–Trinajstić information content (AvgIpc) is 3.23. The van der Waals surface area contributed by atoms with Crippen LogP contribution < -0.4 is 10.3 Å². The van der Waals surface area contributed by atoms with E-state index in [-0.39, 0.29) is 16.8 Å². The highest BCUT2D eigenvalue weighted by molar-refractivity contribution is 5.94. The average molecular weight is 415 g/mol. The Labute approximate surface area is 178 Å². The molecule has 0 saturated carbocycles. The van der Waals surface area contributed by atoms with E-state index in [4.69, 9.17) is 4.74 Å². The normalized spacial score (nSPS) is 10.8. The van der Waals surface area contributed by atoms with E-state index in [1.54, 1.807) is 6.08 Å². The lowest BCUT2D eigenvalue weighted by Gasteiger charge is -2.11. The number of hydrogen-bond donors (Lipinski definition) is 2. The monoisotopic (exact) mass is 415 g/mol. The van der Waals surface area contributed by atoms with Crippen molar-refractivity contribution in [2.24, 2.45) is 0 Å². The van der Waals surface area contributed by atoms with Crippen molar-refractivity contribution in [3.05, 3.63) is 100 Å². The fourth-order valence-electron chi connectivity index (χ4n) is 3.37. The van der Waals surface area contributed by atoms with E-state index in [1.165, 1.54) is 10.7 Å². The number of ether oxygens (including phenoxy) is 1. The first kappa shape index (κ1) is 20.2. The lowest BCUT2D eigenvalue weighted by atomic mass is 10.0. The first-order valence-corrected chi connectivity index (χ1v) is 9.83. The molecule has 0 aliphatic heterocycles. The molecule has 0 aliphatic carbocycles. The SMILES string of the molecule is C=CCCc1c(-c2ccc(OCc3ccccc3)cc2)nc2c(C(=O)O)c[nH]n2c1=O. The zero-order valence-corrected chi connectivity index (χ0v) is 16.7. The molecule has 2 N–H and O–H groups in total. The molecule has 2 aromatic heterocycles. The molecule has 7 nitrogen and oxygen atoms in total. The summed E-state index contributed by atoms with van der Waals surface area (Å²) in [5.41, 5.74) is 2.43. The summed E-state index contributed by atoms with van der Waals surface area (Å²) in [6.45, 7) is 4.17. The molecule has 2 aromatic carbocycles. The minimum Gasteiger partial charge on any atom is -0.489 e. The number of nitrogens with zero attached hydrogens (tertiary/aromatic N) is 2. The zero-order valence-electron chi connectivity index (χ0n) is 16.7. The molecular formula is C24H21N3O4. The molecule has 4 rings (SSSR count). The highest BCUT2D eigenvalue weighted by atomic mass is 16.5. The molecule has 0 spiro atoms. The van der Waals surface area contributed by atoms with Crippen molar-refractivity contribution in [3.63, 3.8) is 0 Å². The highest BCUT2D eigenvalue weighted by Crippen LogP contribution is 2.25. The van der Waals surface area contributed by atoms with Crippen molar-refractivity contribution in [2.75, 3.05) is 0 Å². The van der Waals surface area contributed by atoms with Gasteiger partial charge < -0.3 is 9.84 Å². The van der Waals surface area contributed by atoms with Gasteiger partial charge in [0.15, 0.2) is 5.65 Å². The minimum absolute atomic E-state index is 0.0589. The van der Waals surface area contributed by atoms with Gasteiger partial charge in [0.05, 0.1) is 5.69 Å². The summed E-state index contributed by atoms with van der Waals surface area (Å²) in [4.78, 5) is 29.1.